The maximum absolute atomic E-state index is 9.18. The van der Waals surface area contributed by atoms with Gasteiger partial charge in [-0.15, -0.1) is 11.8 Å². The van der Waals surface area contributed by atoms with Gasteiger partial charge in [0.2, 0.25) is 0 Å². The topological polar surface area (TPSA) is 36.3 Å². The zero-order valence-corrected chi connectivity index (χ0v) is 11.7. The lowest BCUT2D eigenvalue weighted by molar-refractivity contribution is 0.231. The van der Waals surface area contributed by atoms with Crippen molar-refractivity contribution < 1.29 is 4.74 Å². The number of nitriles is 1. The summed E-state index contributed by atoms with van der Waals surface area (Å²) >= 11 is 1.58. The minimum atomic E-state index is 0.638. The van der Waals surface area contributed by atoms with Crippen LogP contribution in [0.15, 0.2) is 23.1 Å². The van der Waals surface area contributed by atoms with E-state index < -0.39 is 0 Å². The summed E-state index contributed by atoms with van der Waals surface area (Å²) in [5.74, 6) is 0.702. The van der Waals surface area contributed by atoms with Gasteiger partial charge in [0.05, 0.1) is 0 Å². The van der Waals surface area contributed by atoms with Gasteiger partial charge in [0.15, 0.2) is 0 Å². The fourth-order valence-electron chi connectivity index (χ4n) is 1.91. The molecule has 18 heavy (non-hydrogen) atoms. The SMILES string of the molecule is CSc1cccc(OCCN(C)C2CC2)c1C#N. The summed E-state index contributed by atoms with van der Waals surface area (Å²) in [4.78, 5) is 3.30. The predicted molar refractivity (Wildman–Crippen MR) is 74.1 cm³/mol. The van der Waals surface area contributed by atoms with Crippen molar-refractivity contribution in [2.75, 3.05) is 26.5 Å². The summed E-state index contributed by atoms with van der Waals surface area (Å²) < 4.78 is 5.74. The number of likely N-dealkylation sites (N-methyl/N-ethyl adjacent to an activating group) is 1. The molecule has 0 spiro atoms. The van der Waals surface area contributed by atoms with Crippen molar-refractivity contribution in [3.63, 3.8) is 0 Å². The van der Waals surface area contributed by atoms with E-state index in [9.17, 15) is 5.26 Å². The van der Waals surface area contributed by atoms with Gasteiger partial charge in [0.25, 0.3) is 0 Å². The number of hydrogen-bond donors (Lipinski definition) is 0. The molecule has 3 nitrogen and oxygen atoms in total. The van der Waals surface area contributed by atoms with Crippen molar-refractivity contribution in [1.29, 1.82) is 5.26 Å². The lowest BCUT2D eigenvalue weighted by Gasteiger charge is -2.16. The molecular formula is C14H18N2OS. The molecule has 1 aliphatic rings. The monoisotopic (exact) mass is 262 g/mol. The van der Waals surface area contributed by atoms with Crippen molar-refractivity contribution in [2.24, 2.45) is 0 Å². The average Bonchev–Trinajstić information content (AvgIpc) is 3.22. The quantitative estimate of drug-likeness (QED) is 0.739. The number of benzene rings is 1. The van der Waals surface area contributed by atoms with Crippen molar-refractivity contribution >= 4 is 11.8 Å². The van der Waals surface area contributed by atoms with Gasteiger partial charge in [-0.05, 0) is 38.3 Å². The van der Waals surface area contributed by atoms with Crippen LogP contribution in [-0.4, -0.2) is 37.4 Å². The van der Waals surface area contributed by atoms with Gasteiger partial charge in [-0.2, -0.15) is 5.26 Å². The Hall–Kier alpha value is -1.18. The minimum absolute atomic E-state index is 0.638. The minimum Gasteiger partial charge on any atom is -0.491 e. The van der Waals surface area contributed by atoms with Crippen LogP contribution in [0.5, 0.6) is 5.75 Å². The maximum Gasteiger partial charge on any atom is 0.138 e. The van der Waals surface area contributed by atoms with E-state index in [4.69, 9.17) is 4.74 Å². The van der Waals surface area contributed by atoms with Gasteiger partial charge >= 0.3 is 0 Å². The highest BCUT2D eigenvalue weighted by Gasteiger charge is 2.25. The molecule has 0 amide bonds. The zero-order chi connectivity index (χ0) is 13.0. The molecule has 0 unspecified atom stereocenters. The molecule has 4 heteroatoms. The van der Waals surface area contributed by atoms with Crippen molar-refractivity contribution in [3.8, 4) is 11.8 Å². The molecule has 1 aliphatic carbocycles. The summed E-state index contributed by atoms with van der Waals surface area (Å²) in [6, 6.07) is 8.74. The lowest BCUT2D eigenvalue weighted by atomic mass is 10.2. The molecule has 1 aromatic carbocycles. The Labute approximate surface area is 113 Å². The Balaban J connectivity index is 1.94. The highest BCUT2D eigenvalue weighted by atomic mass is 32.2. The summed E-state index contributed by atoms with van der Waals surface area (Å²) in [6.07, 6.45) is 4.59. The Morgan fingerprint density at radius 1 is 1.50 bits per heavy atom. The second kappa shape index (κ2) is 6.12. The number of rotatable bonds is 6. The first-order valence-electron chi connectivity index (χ1n) is 6.16. The average molecular weight is 262 g/mol. The van der Waals surface area contributed by atoms with Crippen LogP contribution in [0.3, 0.4) is 0 Å². The number of thioether (sulfide) groups is 1. The molecule has 0 N–H and O–H groups in total. The third kappa shape index (κ3) is 3.18. The first kappa shape index (κ1) is 13.3. The smallest absolute Gasteiger partial charge is 0.138 e. The fourth-order valence-corrected chi connectivity index (χ4v) is 2.47. The van der Waals surface area contributed by atoms with Crippen LogP contribution in [-0.2, 0) is 0 Å². The largest absolute Gasteiger partial charge is 0.491 e. The van der Waals surface area contributed by atoms with Gasteiger partial charge in [-0.3, -0.25) is 0 Å². The van der Waals surface area contributed by atoms with Crippen LogP contribution in [0.2, 0.25) is 0 Å². The molecule has 0 radical (unpaired) electrons. The second-order valence-electron chi connectivity index (χ2n) is 4.51. The summed E-state index contributed by atoms with van der Waals surface area (Å²) in [5.41, 5.74) is 0.652. The first-order chi connectivity index (χ1) is 8.76. The Bertz CT molecular complexity index is 452. The third-order valence-electron chi connectivity index (χ3n) is 3.19. The van der Waals surface area contributed by atoms with Crippen molar-refractivity contribution in [3.05, 3.63) is 23.8 Å². The molecule has 1 fully saturated rings. The number of ether oxygens (including phenoxy) is 1. The first-order valence-corrected chi connectivity index (χ1v) is 7.39. The standard InChI is InChI=1S/C14H18N2OS/c1-16(11-6-7-11)8-9-17-13-4-3-5-14(18-2)12(13)10-15/h3-5,11H,6-9H2,1-2H3. The van der Waals surface area contributed by atoms with Crippen molar-refractivity contribution in [1.82, 2.24) is 4.90 Å². The van der Waals surface area contributed by atoms with Crippen molar-refractivity contribution in [2.45, 2.75) is 23.8 Å². The highest BCUT2D eigenvalue weighted by molar-refractivity contribution is 7.98. The van der Waals surface area contributed by atoms with Gasteiger partial charge in [0.1, 0.15) is 24.0 Å². The number of hydrogen-bond acceptors (Lipinski definition) is 4. The van der Waals surface area contributed by atoms with Crippen LogP contribution in [0.4, 0.5) is 0 Å². The maximum atomic E-state index is 9.18. The summed E-state index contributed by atoms with van der Waals surface area (Å²) in [5, 5.41) is 9.18. The lowest BCUT2D eigenvalue weighted by Crippen LogP contribution is -2.26. The fraction of sp³-hybridized carbons (Fsp3) is 0.500. The summed E-state index contributed by atoms with van der Waals surface area (Å²) in [6.45, 7) is 1.55. The Kier molecular flexibility index (Phi) is 4.51. The zero-order valence-electron chi connectivity index (χ0n) is 10.8. The second-order valence-corrected chi connectivity index (χ2v) is 5.35. The van der Waals surface area contributed by atoms with E-state index in [-0.39, 0.29) is 0 Å². The van der Waals surface area contributed by atoms with Crippen LogP contribution in [0, 0.1) is 11.3 Å². The normalized spacial score (nSPS) is 14.6. The van der Waals surface area contributed by atoms with Crippen LogP contribution in [0.25, 0.3) is 0 Å². The van der Waals surface area contributed by atoms with E-state index >= 15 is 0 Å². The van der Waals surface area contributed by atoms with Gasteiger partial charge < -0.3 is 9.64 Å². The predicted octanol–water partition coefficient (Wildman–Crippen LogP) is 2.75. The molecule has 1 saturated carbocycles. The van der Waals surface area contributed by atoms with Crippen LogP contribution >= 0.6 is 11.8 Å². The molecule has 0 aromatic heterocycles. The summed E-state index contributed by atoms with van der Waals surface area (Å²) in [7, 11) is 2.13. The Morgan fingerprint density at radius 3 is 2.89 bits per heavy atom. The van der Waals surface area contributed by atoms with Gasteiger partial charge in [0, 0.05) is 17.5 Å². The molecule has 0 saturated heterocycles. The highest BCUT2D eigenvalue weighted by Crippen LogP contribution is 2.28. The van der Waals surface area contributed by atoms with E-state index in [2.05, 4.69) is 18.0 Å². The molecule has 0 aliphatic heterocycles. The van der Waals surface area contributed by atoms with Crippen LogP contribution in [0.1, 0.15) is 18.4 Å². The van der Waals surface area contributed by atoms with E-state index in [0.29, 0.717) is 17.9 Å². The Morgan fingerprint density at radius 2 is 2.28 bits per heavy atom. The molecule has 96 valence electrons. The van der Waals surface area contributed by atoms with E-state index in [1.165, 1.54) is 12.8 Å². The van der Waals surface area contributed by atoms with Gasteiger partial charge in [-0.1, -0.05) is 6.07 Å². The third-order valence-corrected chi connectivity index (χ3v) is 3.97. The molecule has 0 atom stereocenters. The van der Waals surface area contributed by atoms with E-state index in [0.717, 1.165) is 17.5 Å². The molecule has 0 bridgehead atoms. The molecule has 1 aromatic rings. The van der Waals surface area contributed by atoms with Gasteiger partial charge in [-0.25, -0.2) is 0 Å². The van der Waals surface area contributed by atoms with E-state index in [1.807, 2.05) is 24.5 Å². The van der Waals surface area contributed by atoms with E-state index in [1.54, 1.807) is 11.8 Å². The number of nitrogens with zero attached hydrogens (tertiary/aromatic N) is 2. The molecule has 2 rings (SSSR count). The van der Waals surface area contributed by atoms with Crippen LogP contribution < -0.4 is 4.74 Å². The molecular weight excluding hydrogens is 244 g/mol. The molecule has 0 heterocycles.